The largest absolute Gasteiger partial charge is 0.467 e. The molecule has 0 spiro atoms. The van der Waals surface area contributed by atoms with Gasteiger partial charge in [-0.25, -0.2) is 14.6 Å². The van der Waals surface area contributed by atoms with E-state index in [1.165, 1.54) is 7.11 Å². The van der Waals surface area contributed by atoms with E-state index in [-0.39, 0.29) is 6.42 Å². The second-order valence-corrected chi connectivity index (χ2v) is 8.60. The number of carbonyl (C=O) groups excluding carboxylic acids is 2. The van der Waals surface area contributed by atoms with Crippen molar-refractivity contribution in [3.63, 3.8) is 0 Å². The SMILES string of the molecule is COC(=O)C(Cc1ccc2nc(Oc3ccc(Cl)cc3)ccc2c1)NC(=O)OC(C)(C)C. The maximum Gasteiger partial charge on any atom is 0.408 e. The van der Waals surface area contributed by atoms with Crippen molar-refractivity contribution >= 4 is 34.6 Å². The fourth-order valence-corrected chi connectivity index (χ4v) is 3.11. The van der Waals surface area contributed by atoms with Crippen molar-refractivity contribution in [3.8, 4) is 11.6 Å². The van der Waals surface area contributed by atoms with Crippen LogP contribution in [0.1, 0.15) is 26.3 Å². The molecule has 3 aromatic rings. The number of ether oxygens (including phenoxy) is 3. The van der Waals surface area contributed by atoms with Crippen molar-refractivity contribution in [2.45, 2.75) is 38.8 Å². The molecule has 0 bridgehead atoms. The van der Waals surface area contributed by atoms with Gasteiger partial charge in [-0.15, -0.1) is 0 Å². The standard InChI is InChI=1S/C24H25ClN2O5/c1-24(2,3)32-23(29)27-20(22(28)30-4)14-15-5-11-19-16(13-15)6-12-21(26-19)31-18-9-7-17(25)8-10-18/h5-13,20H,14H2,1-4H3,(H,27,29). The molecule has 168 valence electrons. The molecule has 1 amide bonds. The summed E-state index contributed by atoms with van der Waals surface area (Å²) in [7, 11) is 1.28. The zero-order valence-corrected chi connectivity index (χ0v) is 19.1. The van der Waals surface area contributed by atoms with Crippen LogP contribution in [0, 0.1) is 0 Å². The van der Waals surface area contributed by atoms with Crippen LogP contribution in [-0.2, 0) is 20.7 Å². The Morgan fingerprint density at radius 2 is 1.78 bits per heavy atom. The van der Waals surface area contributed by atoms with Crippen LogP contribution >= 0.6 is 11.6 Å². The van der Waals surface area contributed by atoms with Gasteiger partial charge in [0.2, 0.25) is 5.88 Å². The maximum absolute atomic E-state index is 12.2. The van der Waals surface area contributed by atoms with Gasteiger partial charge in [0.25, 0.3) is 0 Å². The highest BCUT2D eigenvalue weighted by atomic mass is 35.5. The lowest BCUT2D eigenvalue weighted by molar-refractivity contribution is -0.143. The minimum Gasteiger partial charge on any atom is -0.467 e. The van der Waals surface area contributed by atoms with Gasteiger partial charge in [0.1, 0.15) is 17.4 Å². The lowest BCUT2D eigenvalue weighted by Crippen LogP contribution is -2.45. The molecule has 1 unspecified atom stereocenters. The summed E-state index contributed by atoms with van der Waals surface area (Å²) in [6.45, 7) is 5.25. The van der Waals surface area contributed by atoms with E-state index in [4.69, 9.17) is 25.8 Å². The molecule has 2 aromatic carbocycles. The first-order valence-corrected chi connectivity index (χ1v) is 10.4. The van der Waals surface area contributed by atoms with Crippen molar-refractivity contribution in [2.24, 2.45) is 0 Å². The molecule has 0 radical (unpaired) electrons. The van der Waals surface area contributed by atoms with Crippen LogP contribution in [0.5, 0.6) is 11.6 Å². The highest BCUT2D eigenvalue weighted by Crippen LogP contribution is 2.24. The molecule has 1 N–H and O–H groups in total. The predicted octanol–water partition coefficient (Wildman–Crippen LogP) is 5.29. The molecule has 0 fully saturated rings. The van der Waals surface area contributed by atoms with Crippen molar-refractivity contribution in [3.05, 3.63) is 65.2 Å². The Kier molecular flexibility index (Phi) is 7.20. The van der Waals surface area contributed by atoms with Gasteiger partial charge in [-0.05, 0) is 68.8 Å². The molecule has 8 heteroatoms. The summed E-state index contributed by atoms with van der Waals surface area (Å²) in [5, 5.41) is 4.08. The lowest BCUT2D eigenvalue weighted by Gasteiger charge is -2.22. The topological polar surface area (TPSA) is 86.8 Å². The smallest absolute Gasteiger partial charge is 0.408 e. The normalized spacial score (nSPS) is 12.2. The van der Waals surface area contributed by atoms with Crippen molar-refractivity contribution < 1.29 is 23.8 Å². The van der Waals surface area contributed by atoms with E-state index in [0.717, 1.165) is 16.5 Å². The van der Waals surface area contributed by atoms with Crippen LogP contribution in [0.25, 0.3) is 10.9 Å². The van der Waals surface area contributed by atoms with E-state index >= 15 is 0 Å². The third-order valence-electron chi connectivity index (χ3n) is 4.38. The number of alkyl carbamates (subject to hydrolysis) is 1. The molecule has 3 rings (SSSR count). The number of esters is 1. The van der Waals surface area contributed by atoms with Crippen LogP contribution in [0.4, 0.5) is 4.79 Å². The van der Waals surface area contributed by atoms with Crippen molar-refractivity contribution in [1.82, 2.24) is 10.3 Å². The number of fused-ring (bicyclic) bond motifs is 1. The molecule has 0 aliphatic carbocycles. The molecule has 32 heavy (non-hydrogen) atoms. The minimum atomic E-state index is -0.882. The molecule has 0 aliphatic rings. The predicted molar refractivity (Wildman–Crippen MR) is 122 cm³/mol. The first-order chi connectivity index (χ1) is 15.1. The number of rotatable bonds is 6. The number of nitrogens with one attached hydrogen (secondary N) is 1. The summed E-state index contributed by atoms with van der Waals surface area (Å²) in [5.74, 6) is 0.527. The third-order valence-corrected chi connectivity index (χ3v) is 4.63. The average Bonchev–Trinajstić information content (AvgIpc) is 2.73. The summed E-state index contributed by atoms with van der Waals surface area (Å²) in [4.78, 5) is 28.8. The summed E-state index contributed by atoms with van der Waals surface area (Å²) >= 11 is 5.90. The van der Waals surface area contributed by atoms with E-state index in [9.17, 15) is 9.59 Å². The number of pyridine rings is 1. The number of hydrogen-bond donors (Lipinski definition) is 1. The van der Waals surface area contributed by atoms with Crippen LogP contribution in [0.3, 0.4) is 0 Å². The molecular weight excluding hydrogens is 432 g/mol. The van der Waals surface area contributed by atoms with Gasteiger partial charge >= 0.3 is 12.1 Å². The Labute approximate surface area is 191 Å². The van der Waals surface area contributed by atoms with Crippen molar-refractivity contribution in [2.75, 3.05) is 7.11 Å². The van der Waals surface area contributed by atoms with Crippen LogP contribution < -0.4 is 10.1 Å². The maximum atomic E-state index is 12.2. The monoisotopic (exact) mass is 456 g/mol. The van der Waals surface area contributed by atoms with E-state index in [1.807, 2.05) is 24.3 Å². The van der Waals surface area contributed by atoms with Gasteiger partial charge < -0.3 is 19.5 Å². The second-order valence-electron chi connectivity index (χ2n) is 8.16. The Bertz CT molecular complexity index is 1110. The summed E-state index contributed by atoms with van der Waals surface area (Å²) in [6.07, 6.45) is -0.440. The van der Waals surface area contributed by atoms with Gasteiger partial charge in [0.05, 0.1) is 12.6 Å². The molecular formula is C24H25ClN2O5. The van der Waals surface area contributed by atoms with Crippen LogP contribution in [0.15, 0.2) is 54.6 Å². The summed E-state index contributed by atoms with van der Waals surface area (Å²) in [5.41, 5.74) is 0.887. The fraction of sp³-hybridized carbons (Fsp3) is 0.292. The number of benzene rings is 2. The molecule has 0 saturated carbocycles. The number of amides is 1. The Balaban J connectivity index is 1.74. The molecule has 1 aromatic heterocycles. The fourth-order valence-electron chi connectivity index (χ4n) is 2.98. The van der Waals surface area contributed by atoms with E-state index < -0.39 is 23.7 Å². The van der Waals surface area contributed by atoms with Crippen LogP contribution in [-0.4, -0.2) is 35.8 Å². The number of aromatic nitrogens is 1. The summed E-state index contributed by atoms with van der Waals surface area (Å²) in [6, 6.07) is 15.4. The van der Waals surface area contributed by atoms with E-state index in [1.54, 1.807) is 51.1 Å². The summed E-state index contributed by atoms with van der Waals surface area (Å²) < 4.78 is 15.9. The molecule has 0 saturated heterocycles. The lowest BCUT2D eigenvalue weighted by atomic mass is 10.0. The molecule has 1 heterocycles. The third kappa shape index (κ3) is 6.59. The average molecular weight is 457 g/mol. The van der Waals surface area contributed by atoms with Gasteiger partial charge in [0, 0.05) is 22.9 Å². The minimum absolute atomic E-state index is 0.241. The second kappa shape index (κ2) is 9.87. The number of nitrogens with zero attached hydrogens (tertiary/aromatic N) is 1. The molecule has 7 nitrogen and oxygen atoms in total. The highest BCUT2D eigenvalue weighted by Gasteiger charge is 2.25. The first kappa shape index (κ1) is 23.3. The van der Waals surface area contributed by atoms with E-state index in [2.05, 4.69) is 10.3 Å². The number of carbonyl (C=O) groups is 2. The zero-order chi connectivity index (χ0) is 23.3. The highest BCUT2D eigenvalue weighted by molar-refractivity contribution is 6.30. The van der Waals surface area contributed by atoms with Gasteiger partial charge in [-0.3, -0.25) is 0 Å². The van der Waals surface area contributed by atoms with Gasteiger partial charge in [0.15, 0.2) is 0 Å². The number of methoxy groups -OCH3 is 1. The molecule has 0 aliphatic heterocycles. The zero-order valence-electron chi connectivity index (χ0n) is 18.3. The van der Waals surface area contributed by atoms with E-state index in [0.29, 0.717) is 16.7 Å². The quantitative estimate of drug-likeness (QED) is 0.507. The number of halogens is 1. The Morgan fingerprint density at radius 1 is 1.06 bits per heavy atom. The first-order valence-electron chi connectivity index (χ1n) is 10.0. The Hall–Kier alpha value is -3.32. The van der Waals surface area contributed by atoms with Crippen LogP contribution in [0.2, 0.25) is 5.02 Å². The Morgan fingerprint density at radius 3 is 2.44 bits per heavy atom. The van der Waals surface area contributed by atoms with Crippen molar-refractivity contribution in [1.29, 1.82) is 0 Å². The van der Waals surface area contributed by atoms with Gasteiger partial charge in [-0.1, -0.05) is 17.7 Å². The van der Waals surface area contributed by atoms with Gasteiger partial charge in [-0.2, -0.15) is 0 Å². The number of hydrogen-bond acceptors (Lipinski definition) is 6. The molecule has 1 atom stereocenters.